The van der Waals surface area contributed by atoms with E-state index in [1.165, 1.54) is 11.3 Å². The number of nitrogens with zero attached hydrogens (tertiary/aromatic N) is 2. The molecule has 3 rings (SSSR count). The first-order chi connectivity index (χ1) is 9.33. The molecule has 0 atom stereocenters. The molecule has 1 aromatic carbocycles. The highest BCUT2D eigenvalue weighted by atomic mass is 32.2. The van der Waals surface area contributed by atoms with Crippen molar-refractivity contribution in [2.75, 3.05) is 6.26 Å². The van der Waals surface area contributed by atoms with Crippen LogP contribution in [0.4, 0.5) is 0 Å². The van der Waals surface area contributed by atoms with Crippen LogP contribution in [0.25, 0.3) is 4.96 Å². The van der Waals surface area contributed by atoms with E-state index in [4.69, 9.17) is 4.74 Å². The molecular formula is C13H12N2O2S2. The monoisotopic (exact) mass is 292 g/mol. The maximum atomic E-state index is 9.49. The summed E-state index contributed by atoms with van der Waals surface area (Å²) in [6, 6.07) is 7.79. The molecule has 4 nitrogen and oxygen atoms in total. The number of fused-ring (bicyclic) bond motifs is 1. The van der Waals surface area contributed by atoms with Gasteiger partial charge in [-0.15, -0.1) is 23.1 Å². The van der Waals surface area contributed by atoms with Crippen molar-refractivity contribution in [3.8, 4) is 11.6 Å². The Morgan fingerprint density at radius 1 is 1.42 bits per heavy atom. The maximum Gasteiger partial charge on any atom is 0.244 e. The molecular weight excluding hydrogens is 280 g/mol. The van der Waals surface area contributed by atoms with Crippen LogP contribution in [0.15, 0.2) is 40.7 Å². The summed E-state index contributed by atoms with van der Waals surface area (Å²) in [4.78, 5) is 6.27. The van der Waals surface area contributed by atoms with E-state index in [2.05, 4.69) is 4.98 Å². The Kier molecular flexibility index (Phi) is 3.46. The third-order valence-electron chi connectivity index (χ3n) is 2.75. The van der Waals surface area contributed by atoms with Crippen molar-refractivity contribution in [1.29, 1.82) is 0 Å². The highest BCUT2D eigenvalue weighted by Gasteiger charge is 2.15. The van der Waals surface area contributed by atoms with E-state index in [1.54, 1.807) is 11.8 Å². The molecule has 0 aliphatic carbocycles. The highest BCUT2D eigenvalue weighted by molar-refractivity contribution is 7.98. The number of hydrogen-bond donors (Lipinski definition) is 1. The third-order valence-corrected chi connectivity index (χ3v) is 4.28. The van der Waals surface area contributed by atoms with E-state index in [0.717, 1.165) is 15.6 Å². The number of imidazole rings is 1. The summed E-state index contributed by atoms with van der Waals surface area (Å²) in [7, 11) is 0. The van der Waals surface area contributed by atoms with Crippen LogP contribution in [0.3, 0.4) is 0 Å². The zero-order valence-corrected chi connectivity index (χ0v) is 11.9. The van der Waals surface area contributed by atoms with Crippen LogP contribution < -0.4 is 4.74 Å². The van der Waals surface area contributed by atoms with Gasteiger partial charge in [-0.1, -0.05) is 12.1 Å². The molecule has 0 bridgehead atoms. The van der Waals surface area contributed by atoms with Crippen molar-refractivity contribution in [3.05, 3.63) is 41.5 Å². The number of benzene rings is 1. The average molecular weight is 292 g/mol. The Bertz CT molecular complexity index is 706. The lowest BCUT2D eigenvalue weighted by molar-refractivity contribution is 0.269. The first kappa shape index (κ1) is 12.5. The topological polar surface area (TPSA) is 46.8 Å². The summed E-state index contributed by atoms with van der Waals surface area (Å²) in [6.07, 6.45) is 3.88. The molecule has 0 fully saturated rings. The number of aliphatic hydroxyl groups excluding tert-OH is 1. The lowest BCUT2D eigenvalue weighted by Gasteiger charge is -2.08. The van der Waals surface area contributed by atoms with Crippen LogP contribution in [0.2, 0.25) is 0 Å². The van der Waals surface area contributed by atoms with E-state index < -0.39 is 0 Å². The van der Waals surface area contributed by atoms with E-state index >= 15 is 0 Å². The smallest absolute Gasteiger partial charge is 0.244 e. The second-order valence-electron chi connectivity index (χ2n) is 3.83. The zero-order valence-electron chi connectivity index (χ0n) is 10.2. The minimum atomic E-state index is -0.103. The van der Waals surface area contributed by atoms with Crippen molar-refractivity contribution in [2.45, 2.75) is 11.5 Å². The van der Waals surface area contributed by atoms with Crippen molar-refractivity contribution in [2.24, 2.45) is 0 Å². The molecule has 6 heteroatoms. The number of aromatic nitrogens is 2. The van der Waals surface area contributed by atoms with Gasteiger partial charge in [-0.25, -0.2) is 0 Å². The van der Waals surface area contributed by atoms with Gasteiger partial charge < -0.3 is 9.84 Å². The van der Waals surface area contributed by atoms with Crippen LogP contribution in [0.5, 0.6) is 11.6 Å². The van der Waals surface area contributed by atoms with Crippen LogP contribution in [0.1, 0.15) is 5.69 Å². The number of hydrogen-bond acceptors (Lipinski definition) is 5. The molecule has 3 aromatic rings. The number of thioether (sulfide) groups is 1. The summed E-state index contributed by atoms with van der Waals surface area (Å²) in [5, 5.41) is 11.4. The first-order valence-corrected chi connectivity index (χ1v) is 7.80. The summed E-state index contributed by atoms with van der Waals surface area (Å²) >= 11 is 3.13. The van der Waals surface area contributed by atoms with Crippen molar-refractivity contribution in [3.63, 3.8) is 0 Å². The summed E-state index contributed by atoms with van der Waals surface area (Å²) in [6.45, 7) is -0.103. The molecule has 0 aliphatic rings. The Balaban J connectivity index is 2.02. The summed E-state index contributed by atoms with van der Waals surface area (Å²) < 4.78 is 7.71. The normalized spacial score (nSPS) is 11.1. The van der Waals surface area contributed by atoms with Crippen LogP contribution in [-0.4, -0.2) is 20.7 Å². The van der Waals surface area contributed by atoms with Crippen molar-refractivity contribution >= 4 is 28.1 Å². The number of aliphatic hydroxyl groups is 1. The van der Waals surface area contributed by atoms with Crippen LogP contribution in [-0.2, 0) is 6.61 Å². The Morgan fingerprint density at radius 2 is 2.26 bits per heavy atom. The van der Waals surface area contributed by atoms with E-state index in [1.807, 2.05) is 46.5 Å². The number of ether oxygens (including phenoxy) is 1. The van der Waals surface area contributed by atoms with Gasteiger partial charge >= 0.3 is 0 Å². The van der Waals surface area contributed by atoms with Gasteiger partial charge in [-0.05, 0) is 18.4 Å². The fraction of sp³-hybridized carbons (Fsp3) is 0.154. The Labute approximate surface area is 118 Å². The fourth-order valence-corrected chi connectivity index (χ4v) is 3.10. The molecule has 19 heavy (non-hydrogen) atoms. The average Bonchev–Trinajstić information content (AvgIpc) is 2.99. The first-order valence-electron chi connectivity index (χ1n) is 5.69. The third kappa shape index (κ3) is 2.22. The number of rotatable bonds is 4. The molecule has 0 amide bonds. The Morgan fingerprint density at radius 3 is 3.05 bits per heavy atom. The zero-order chi connectivity index (χ0) is 13.2. The van der Waals surface area contributed by atoms with E-state index in [9.17, 15) is 5.11 Å². The van der Waals surface area contributed by atoms with Crippen molar-refractivity contribution < 1.29 is 9.84 Å². The van der Waals surface area contributed by atoms with Gasteiger partial charge in [0.2, 0.25) is 5.88 Å². The van der Waals surface area contributed by atoms with Crippen molar-refractivity contribution in [1.82, 2.24) is 9.38 Å². The molecule has 2 heterocycles. The quantitative estimate of drug-likeness (QED) is 0.749. The maximum absolute atomic E-state index is 9.49. The number of thiazole rings is 1. The standard InChI is InChI=1S/C13H12N2O2S2/c1-18-11-5-3-2-4-10(11)17-12-9(8-16)15-6-7-19-13(15)14-12/h2-7,16H,8H2,1H3. The van der Waals surface area contributed by atoms with Gasteiger partial charge in [-0.2, -0.15) is 4.98 Å². The predicted molar refractivity (Wildman–Crippen MR) is 77.3 cm³/mol. The summed E-state index contributed by atoms with van der Waals surface area (Å²) in [5.74, 6) is 1.23. The molecule has 0 spiro atoms. The second-order valence-corrected chi connectivity index (χ2v) is 5.55. The van der Waals surface area contributed by atoms with Crippen LogP contribution >= 0.6 is 23.1 Å². The molecule has 0 unspecified atom stereocenters. The lowest BCUT2D eigenvalue weighted by atomic mass is 10.3. The van der Waals surface area contributed by atoms with E-state index in [-0.39, 0.29) is 6.61 Å². The highest BCUT2D eigenvalue weighted by Crippen LogP contribution is 2.33. The number of para-hydroxylation sites is 1. The summed E-state index contributed by atoms with van der Waals surface area (Å²) in [5.41, 5.74) is 0.673. The predicted octanol–water partition coefficient (Wildman–Crippen LogP) is 3.40. The molecule has 98 valence electrons. The lowest BCUT2D eigenvalue weighted by Crippen LogP contribution is -1.94. The minimum Gasteiger partial charge on any atom is -0.436 e. The fourth-order valence-electron chi connectivity index (χ4n) is 1.85. The van der Waals surface area contributed by atoms with Gasteiger partial charge in [0.05, 0.1) is 6.61 Å². The minimum absolute atomic E-state index is 0.103. The SMILES string of the molecule is CSc1ccccc1Oc1nc2sccn2c1CO. The molecule has 0 saturated heterocycles. The van der Waals surface area contributed by atoms with E-state index in [0.29, 0.717) is 11.6 Å². The van der Waals surface area contributed by atoms with Gasteiger partial charge in [0.15, 0.2) is 4.96 Å². The van der Waals surface area contributed by atoms with Gasteiger partial charge in [0.1, 0.15) is 11.4 Å². The Hall–Kier alpha value is -1.50. The van der Waals surface area contributed by atoms with Gasteiger partial charge in [0.25, 0.3) is 0 Å². The van der Waals surface area contributed by atoms with Crippen LogP contribution in [0, 0.1) is 0 Å². The molecule has 2 aromatic heterocycles. The molecule has 0 saturated carbocycles. The van der Waals surface area contributed by atoms with Gasteiger partial charge in [0, 0.05) is 16.5 Å². The molecule has 1 N–H and O–H groups in total. The molecule has 0 radical (unpaired) electrons. The molecule has 0 aliphatic heterocycles. The largest absolute Gasteiger partial charge is 0.436 e. The second kappa shape index (κ2) is 5.24. The van der Waals surface area contributed by atoms with Gasteiger partial charge in [-0.3, -0.25) is 4.40 Å².